The van der Waals surface area contributed by atoms with Gasteiger partial charge in [0.25, 0.3) is 0 Å². The molecule has 2 fully saturated rings. The van der Waals surface area contributed by atoms with Crippen LogP contribution in [0, 0.1) is 0 Å². The molecular formula is C18H30N6O2. The number of nitrogens with zero attached hydrogens (tertiary/aromatic N) is 4. The number of nitrogens with one attached hydrogen (secondary N) is 2. The van der Waals surface area contributed by atoms with E-state index in [-0.39, 0.29) is 17.6 Å². The van der Waals surface area contributed by atoms with E-state index in [4.69, 9.17) is 4.74 Å². The molecule has 0 spiro atoms. The van der Waals surface area contributed by atoms with Crippen LogP contribution in [0.25, 0.3) is 0 Å². The Kier molecular flexibility index (Phi) is 6.26. The van der Waals surface area contributed by atoms with Crippen molar-refractivity contribution in [2.45, 2.75) is 38.3 Å². The molecule has 26 heavy (non-hydrogen) atoms. The third-order valence-corrected chi connectivity index (χ3v) is 5.21. The molecule has 0 aromatic carbocycles. The van der Waals surface area contributed by atoms with Crippen LogP contribution in [0.3, 0.4) is 0 Å². The van der Waals surface area contributed by atoms with Crippen molar-refractivity contribution < 1.29 is 9.53 Å². The lowest BCUT2D eigenvalue weighted by Crippen LogP contribution is -2.57. The fraction of sp³-hybridized carbons (Fsp3) is 0.722. The zero-order valence-corrected chi connectivity index (χ0v) is 15.8. The van der Waals surface area contributed by atoms with Crippen LogP contribution in [0.15, 0.2) is 18.5 Å². The Morgan fingerprint density at radius 3 is 2.50 bits per heavy atom. The topological polar surface area (TPSA) is 82.6 Å². The molecule has 0 aliphatic carbocycles. The van der Waals surface area contributed by atoms with E-state index in [2.05, 4.69) is 44.2 Å². The number of carbonyl (C=O) groups is 1. The van der Waals surface area contributed by atoms with Crippen LogP contribution >= 0.6 is 0 Å². The van der Waals surface area contributed by atoms with Crippen molar-refractivity contribution in [2.75, 3.05) is 50.8 Å². The van der Waals surface area contributed by atoms with Crippen molar-refractivity contribution >= 4 is 12.0 Å². The summed E-state index contributed by atoms with van der Waals surface area (Å²) < 4.78 is 5.41. The smallest absolute Gasteiger partial charge is 0.315 e. The molecule has 8 nitrogen and oxygen atoms in total. The third-order valence-electron chi connectivity index (χ3n) is 5.21. The Morgan fingerprint density at radius 2 is 1.85 bits per heavy atom. The lowest BCUT2D eigenvalue weighted by Gasteiger charge is -2.41. The number of morpholine rings is 1. The average molecular weight is 362 g/mol. The minimum Gasteiger partial charge on any atom is -0.379 e. The summed E-state index contributed by atoms with van der Waals surface area (Å²) in [5.41, 5.74) is -0.0743. The Labute approximate surface area is 155 Å². The van der Waals surface area contributed by atoms with Crippen molar-refractivity contribution in [3.63, 3.8) is 0 Å². The monoisotopic (exact) mass is 362 g/mol. The van der Waals surface area contributed by atoms with Crippen LogP contribution in [0.4, 0.5) is 10.7 Å². The Bertz CT molecular complexity index is 568. The summed E-state index contributed by atoms with van der Waals surface area (Å²) in [5.74, 6) is 0.766. The molecular weight excluding hydrogens is 332 g/mol. The summed E-state index contributed by atoms with van der Waals surface area (Å²) in [6.07, 6.45) is 5.32. The van der Waals surface area contributed by atoms with E-state index < -0.39 is 0 Å². The van der Waals surface area contributed by atoms with Crippen LogP contribution in [-0.2, 0) is 4.74 Å². The standard InChI is InChI=1S/C18H30N6O2/c1-18(2,24-10-12-26-13-11-24)14-21-17(25)22-15-4-8-23(9-5-15)16-19-6-3-7-20-16/h3,6-7,15H,4-5,8-14H2,1-2H3,(H2,21,22,25). The number of hydrogen-bond donors (Lipinski definition) is 2. The average Bonchev–Trinajstić information content (AvgIpc) is 2.68. The first-order chi connectivity index (χ1) is 12.5. The van der Waals surface area contributed by atoms with Gasteiger partial charge in [-0.1, -0.05) is 0 Å². The second kappa shape index (κ2) is 8.64. The van der Waals surface area contributed by atoms with Gasteiger partial charge in [-0.2, -0.15) is 0 Å². The predicted molar refractivity (Wildman–Crippen MR) is 100 cm³/mol. The Morgan fingerprint density at radius 1 is 1.19 bits per heavy atom. The van der Waals surface area contributed by atoms with Gasteiger partial charge in [-0.3, -0.25) is 4.90 Å². The third kappa shape index (κ3) is 5.04. The van der Waals surface area contributed by atoms with Gasteiger partial charge in [0, 0.05) is 56.7 Å². The minimum absolute atomic E-state index is 0.0743. The van der Waals surface area contributed by atoms with E-state index in [1.54, 1.807) is 12.4 Å². The van der Waals surface area contributed by atoms with Crippen molar-refractivity contribution in [1.82, 2.24) is 25.5 Å². The van der Waals surface area contributed by atoms with Gasteiger partial charge < -0.3 is 20.3 Å². The molecule has 0 saturated carbocycles. The van der Waals surface area contributed by atoms with Gasteiger partial charge in [-0.15, -0.1) is 0 Å². The summed E-state index contributed by atoms with van der Waals surface area (Å²) in [6.45, 7) is 10.0. The molecule has 3 heterocycles. The van der Waals surface area contributed by atoms with E-state index in [0.29, 0.717) is 6.54 Å². The molecule has 2 aliphatic heterocycles. The number of ether oxygens (including phenoxy) is 1. The van der Waals surface area contributed by atoms with Crippen LogP contribution in [-0.4, -0.2) is 78.4 Å². The first-order valence-corrected chi connectivity index (χ1v) is 9.44. The molecule has 2 amide bonds. The zero-order chi connectivity index (χ0) is 18.4. The SMILES string of the molecule is CC(C)(CNC(=O)NC1CCN(c2ncccn2)CC1)N1CCOCC1. The quantitative estimate of drug-likeness (QED) is 0.808. The molecule has 144 valence electrons. The summed E-state index contributed by atoms with van der Waals surface area (Å²) in [4.78, 5) is 25.4. The van der Waals surface area contributed by atoms with Gasteiger partial charge in [0.2, 0.25) is 5.95 Å². The number of urea groups is 1. The number of carbonyl (C=O) groups excluding carboxylic acids is 1. The Balaban J connectivity index is 1.39. The number of piperidine rings is 1. The van der Waals surface area contributed by atoms with E-state index in [0.717, 1.165) is 58.2 Å². The highest BCUT2D eigenvalue weighted by Crippen LogP contribution is 2.16. The van der Waals surface area contributed by atoms with E-state index in [1.165, 1.54) is 0 Å². The number of amides is 2. The van der Waals surface area contributed by atoms with Gasteiger partial charge in [0.05, 0.1) is 13.2 Å². The lowest BCUT2D eigenvalue weighted by atomic mass is 10.0. The van der Waals surface area contributed by atoms with Crippen LogP contribution in [0.2, 0.25) is 0 Å². The van der Waals surface area contributed by atoms with E-state index >= 15 is 0 Å². The predicted octanol–water partition coefficient (Wildman–Crippen LogP) is 0.855. The first-order valence-electron chi connectivity index (χ1n) is 9.44. The molecule has 2 N–H and O–H groups in total. The highest BCUT2D eigenvalue weighted by Gasteiger charge is 2.29. The molecule has 0 atom stereocenters. The highest BCUT2D eigenvalue weighted by molar-refractivity contribution is 5.74. The molecule has 1 aromatic rings. The highest BCUT2D eigenvalue weighted by atomic mass is 16.5. The maximum Gasteiger partial charge on any atom is 0.315 e. The number of anilines is 1. The summed E-state index contributed by atoms with van der Waals surface area (Å²) in [6, 6.07) is 1.93. The van der Waals surface area contributed by atoms with Gasteiger partial charge in [0.1, 0.15) is 0 Å². The van der Waals surface area contributed by atoms with Crippen LogP contribution in [0.1, 0.15) is 26.7 Å². The molecule has 0 unspecified atom stereocenters. The zero-order valence-electron chi connectivity index (χ0n) is 15.8. The number of rotatable bonds is 5. The molecule has 1 aromatic heterocycles. The number of hydrogen-bond acceptors (Lipinski definition) is 6. The first kappa shape index (κ1) is 18.8. The van der Waals surface area contributed by atoms with E-state index in [9.17, 15) is 4.79 Å². The minimum atomic E-state index is -0.0826. The number of aromatic nitrogens is 2. The second-order valence-corrected chi connectivity index (χ2v) is 7.55. The molecule has 3 rings (SSSR count). The lowest BCUT2D eigenvalue weighted by molar-refractivity contribution is -0.00877. The van der Waals surface area contributed by atoms with Crippen molar-refractivity contribution in [3.05, 3.63) is 18.5 Å². The summed E-state index contributed by atoms with van der Waals surface area (Å²) >= 11 is 0. The fourth-order valence-corrected chi connectivity index (χ4v) is 3.49. The van der Waals surface area contributed by atoms with Gasteiger partial charge in [-0.25, -0.2) is 14.8 Å². The Hall–Kier alpha value is -1.93. The summed E-state index contributed by atoms with van der Waals surface area (Å²) in [5, 5.41) is 6.15. The molecule has 2 aliphatic rings. The van der Waals surface area contributed by atoms with Crippen molar-refractivity contribution in [2.24, 2.45) is 0 Å². The normalized spacial score (nSPS) is 20.0. The van der Waals surface area contributed by atoms with Gasteiger partial charge in [-0.05, 0) is 32.8 Å². The fourth-order valence-electron chi connectivity index (χ4n) is 3.49. The van der Waals surface area contributed by atoms with Crippen molar-refractivity contribution in [3.8, 4) is 0 Å². The molecule has 0 radical (unpaired) electrons. The second-order valence-electron chi connectivity index (χ2n) is 7.55. The van der Waals surface area contributed by atoms with Gasteiger partial charge in [0.15, 0.2) is 0 Å². The van der Waals surface area contributed by atoms with Crippen LogP contribution in [0.5, 0.6) is 0 Å². The maximum absolute atomic E-state index is 12.3. The van der Waals surface area contributed by atoms with Gasteiger partial charge >= 0.3 is 6.03 Å². The van der Waals surface area contributed by atoms with Crippen molar-refractivity contribution in [1.29, 1.82) is 0 Å². The van der Waals surface area contributed by atoms with E-state index in [1.807, 2.05) is 6.07 Å². The summed E-state index contributed by atoms with van der Waals surface area (Å²) in [7, 11) is 0. The maximum atomic E-state index is 12.3. The molecule has 8 heteroatoms. The van der Waals surface area contributed by atoms with Crippen LogP contribution < -0.4 is 15.5 Å². The molecule has 0 bridgehead atoms. The molecule has 2 saturated heterocycles. The largest absolute Gasteiger partial charge is 0.379 e.